The Labute approximate surface area is 141 Å². The average Bonchev–Trinajstić information content (AvgIpc) is 3.06. The lowest BCUT2D eigenvalue weighted by atomic mass is 10.2. The summed E-state index contributed by atoms with van der Waals surface area (Å²) < 4.78 is 9.76. The van der Waals surface area contributed by atoms with E-state index >= 15 is 0 Å². The predicted molar refractivity (Wildman–Crippen MR) is 87.3 cm³/mol. The van der Waals surface area contributed by atoms with Crippen LogP contribution < -0.4 is 10.1 Å². The Morgan fingerprint density at radius 3 is 2.75 bits per heavy atom. The molecule has 24 heavy (non-hydrogen) atoms. The molecule has 0 spiro atoms. The number of hydrogen-bond acceptors (Lipinski definition) is 7. The van der Waals surface area contributed by atoms with Crippen molar-refractivity contribution in [3.05, 3.63) is 50.7 Å². The molecule has 126 valence electrons. The van der Waals surface area contributed by atoms with E-state index in [1.807, 2.05) is 11.4 Å². The van der Waals surface area contributed by atoms with Crippen LogP contribution >= 0.6 is 11.3 Å². The minimum atomic E-state index is -0.664. The zero-order chi connectivity index (χ0) is 17.5. The Balaban J connectivity index is 1.92. The van der Waals surface area contributed by atoms with Gasteiger partial charge in [-0.2, -0.15) is 0 Å². The number of carbonyl (C=O) groups excluding carboxylic acids is 2. The lowest BCUT2D eigenvalue weighted by molar-refractivity contribution is -0.384. The Bertz CT molecular complexity index is 744. The van der Waals surface area contributed by atoms with Gasteiger partial charge in [0.1, 0.15) is 11.4 Å². The van der Waals surface area contributed by atoms with Crippen molar-refractivity contribution in [2.45, 2.75) is 6.42 Å². The van der Waals surface area contributed by atoms with Crippen LogP contribution in [0.4, 0.5) is 11.4 Å². The number of methoxy groups -OCH3 is 1. The van der Waals surface area contributed by atoms with Crippen LogP contribution in [0.25, 0.3) is 0 Å². The molecule has 0 saturated heterocycles. The summed E-state index contributed by atoms with van der Waals surface area (Å²) in [5, 5.41) is 15.2. The summed E-state index contributed by atoms with van der Waals surface area (Å²) in [5.74, 6) is -0.915. The zero-order valence-corrected chi connectivity index (χ0v) is 13.5. The number of esters is 1. The number of rotatable bonds is 7. The molecule has 0 atom stereocenters. The second-order valence-corrected chi connectivity index (χ2v) is 5.64. The van der Waals surface area contributed by atoms with Crippen LogP contribution in [0.5, 0.6) is 5.75 Å². The highest BCUT2D eigenvalue weighted by molar-refractivity contribution is 7.10. The molecule has 2 aromatic rings. The zero-order valence-electron chi connectivity index (χ0n) is 12.7. The van der Waals surface area contributed by atoms with Crippen LogP contribution in [-0.2, 0) is 20.7 Å². The van der Waals surface area contributed by atoms with Gasteiger partial charge in [-0.25, -0.2) is 0 Å². The fourth-order valence-corrected chi connectivity index (χ4v) is 2.52. The molecule has 1 aromatic carbocycles. The SMILES string of the molecule is COc1ccc(NC(=O)COC(=O)Cc2cccs2)c([N+](=O)[O-])c1. The highest BCUT2D eigenvalue weighted by Gasteiger charge is 2.18. The number of nitro benzene ring substituents is 1. The number of benzene rings is 1. The third kappa shape index (κ3) is 4.78. The van der Waals surface area contributed by atoms with Gasteiger partial charge in [-0.15, -0.1) is 11.3 Å². The number of ether oxygens (including phenoxy) is 2. The maximum Gasteiger partial charge on any atom is 0.311 e. The molecule has 1 N–H and O–H groups in total. The third-order valence-electron chi connectivity index (χ3n) is 2.94. The van der Waals surface area contributed by atoms with Crippen molar-refractivity contribution < 1.29 is 24.0 Å². The van der Waals surface area contributed by atoms with Gasteiger partial charge in [0.25, 0.3) is 11.6 Å². The van der Waals surface area contributed by atoms with Gasteiger partial charge in [-0.1, -0.05) is 6.07 Å². The van der Waals surface area contributed by atoms with Gasteiger partial charge in [0.05, 0.1) is 24.5 Å². The fraction of sp³-hybridized carbons (Fsp3) is 0.200. The van der Waals surface area contributed by atoms with E-state index in [0.717, 1.165) is 4.88 Å². The molecule has 2 rings (SSSR count). The van der Waals surface area contributed by atoms with E-state index in [-0.39, 0.29) is 17.8 Å². The normalized spacial score (nSPS) is 10.0. The first-order valence-corrected chi connectivity index (χ1v) is 7.68. The van der Waals surface area contributed by atoms with Gasteiger partial charge in [-0.3, -0.25) is 19.7 Å². The maximum atomic E-state index is 11.8. The molecule has 0 radical (unpaired) electrons. The number of hydrogen-bond donors (Lipinski definition) is 1. The highest BCUT2D eigenvalue weighted by Crippen LogP contribution is 2.28. The van der Waals surface area contributed by atoms with Gasteiger partial charge in [0, 0.05) is 4.88 Å². The van der Waals surface area contributed by atoms with Gasteiger partial charge < -0.3 is 14.8 Å². The molecule has 0 saturated carbocycles. The maximum absolute atomic E-state index is 11.8. The van der Waals surface area contributed by atoms with Crippen LogP contribution in [0.3, 0.4) is 0 Å². The summed E-state index contributed by atoms with van der Waals surface area (Å²) >= 11 is 1.41. The van der Waals surface area contributed by atoms with Crippen molar-refractivity contribution in [1.29, 1.82) is 0 Å². The average molecular weight is 350 g/mol. The number of nitrogens with one attached hydrogen (secondary N) is 1. The molecule has 0 aliphatic rings. The summed E-state index contributed by atoms with van der Waals surface area (Å²) in [6.45, 7) is -0.520. The van der Waals surface area contributed by atoms with Gasteiger partial charge in [0.15, 0.2) is 6.61 Å². The van der Waals surface area contributed by atoms with Crippen molar-refractivity contribution in [3.8, 4) is 5.75 Å². The second kappa shape index (κ2) is 8.06. The number of anilines is 1. The van der Waals surface area contributed by atoms with Gasteiger partial charge in [-0.05, 0) is 23.6 Å². The molecule has 1 amide bonds. The van der Waals surface area contributed by atoms with Gasteiger partial charge >= 0.3 is 5.97 Å². The van der Waals surface area contributed by atoms with Crippen LogP contribution in [0.2, 0.25) is 0 Å². The smallest absolute Gasteiger partial charge is 0.311 e. The largest absolute Gasteiger partial charge is 0.496 e. The van der Waals surface area contributed by atoms with E-state index in [2.05, 4.69) is 5.32 Å². The Morgan fingerprint density at radius 2 is 2.12 bits per heavy atom. The van der Waals surface area contributed by atoms with E-state index in [1.54, 1.807) is 6.07 Å². The van der Waals surface area contributed by atoms with Crippen molar-refractivity contribution >= 4 is 34.6 Å². The summed E-state index contributed by atoms with van der Waals surface area (Å²) in [4.78, 5) is 34.6. The molecule has 1 heterocycles. The molecule has 0 aliphatic carbocycles. The highest BCUT2D eigenvalue weighted by atomic mass is 32.1. The summed E-state index contributed by atoms with van der Waals surface area (Å²) in [6.07, 6.45) is 0.0770. The van der Waals surface area contributed by atoms with Gasteiger partial charge in [0.2, 0.25) is 0 Å². The van der Waals surface area contributed by atoms with Crippen molar-refractivity contribution in [3.63, 3.8) is 0 Å². The first-order chi connectivity index (χ1) is 11.5. The molecule has 0 bridgehead atoms. The Morgan fingerprint density at radius 1 is 1.33 bits per heavy atom. The first kappa shape index (κ1) is 17.4. The molecule has 8 nitrogen and oxygen atoms in total. The molecular formula is C15H14N2O6S. The topological polar surface area (TPSA) is 108 Å². The lowest BCUT2D eigenvalue weighted by Crippen LogP contribution is -2.22. The number of carbonyl (C=O) groups is 2. The monoisotopic (exact) mass is 350 g/mol. The second-order valence-electron chi connectivity index (χ2n) is 4.61. The molecule has 0 aliphatic heterocycles. The summed E-state index contributed by atoms with van der Waals surface area (Å²) in [5.41, 5.74) is -0.312. The van der Waals surface area contributed by atoms with E-state index in [4.69, 9.17) is 9.47 Å². The van der Waals surface area contributed by atoms with Crippen LogP contribution in [0.15, 0.2) is 35.7 Å². The van der Waals surface area contributed by atoms with Crippen LogP contribution in [-0.4, -0.2) is 30.5 Å². The molecule has 0 unspecified atom stereocenters. The van der Waals surface area contributed by atoms with E-state index in [1.165, 1.54) is 36.6 Å². The fourth-order valence-electron chi connectivity index (χ4n) is 1.83. The summed E-state index contributed by atoms with van der Waals surface area (Å²) in [6, 6.07) is 7.61. The molecule has 1 aromatic heterocycles. The molecular weight excluding hydrogens is 336 g/mol. The quantitative estimate of drug-likeness (QED) is 0.467. The predicted octanol–water partition coefficient (Wildman–Crippen LogP) is 2.39. The number of amides is 1. The number of nitro groups is 1. The molecule has 9 heteroatoms. The van der Waals surface area contributed by atoms with Crippen molar-refractivity contribution in [2.75, 3.05) is 19.0 Å². The third-order valence-corrected chi connectivity index (χ3v) is 3.81. The summed E-state index contributed by atoms with van der Waals surface area (Å²) in [7, 11) is 1.38. The van der Waals surface area contributed by atoms with E-state index in [0.29, 0.717) is 5.75 Å². The van der Waals surface area contributed by atoms with E-state index < -0.39 is 23.4 Å². The minimum absolute atomic E-state index is 0.0000979. The van der Waals surface area contributed by atoms with Crippen LogP contribution in [0, 0.1) is 10.1 Å². The molecule has 0 fully saturated rings. The van der Waals surface area contributed by atoms with Crippen molar-refractivity contribution in [1.82, 2.24) is 0 Å². The minimum Gasteiger partial charge on any atom is -0.496 e. The lowest BCUT2D eigenvalue weighted by Gasteiger charge is -2.08. The van der Waals surface area contributed by atoms with Crippen molar-refractivity contribution in [2.24, 2.45) is 0 Å². The standard InChI is InChI=1S/C15H14N2O6S/c1-22-10-4-5-12(13(7-10)17(20)21)16-14(18)9-23-15(19)8-11-3-2-6-24-11/h2-7H,8-9H2,1H3,(H,16,18). The number of thiophene rings is 1. The Kier molecular flexibility index (Phi) is 5.85. The Hall–Kier alpha value is -2.94. The van der Waals surface area contributed by atoms with E-state index in [9.17, 15) is 19.7 Å². The first-order valence-electron chi connectivity index (χ1n) is 6.80. The van der Waals surface area contributed by atoms with Crippen LogP contribution in [0.1, 0.15) is 4.88 Å². The number of nitrogens with zero attached hydrogens (tertiary/aromatic N) is 1.